The van der Waals surface area contributed by atoms with Gasteiger partial charge in [-0.15, -0.1) is 0 Å². The molecule has 1 amide bonds. The number of benzene rings is 1. The van der Waals surface area contributed by atoms with Gasteiger partial charge in [-0.05, 0) is 54.7 Å². The second kappa shape index (κ2) is 10.5. The van der Waals surface area contributed by atoms with Crippen LogP contribution in [0.3, 0.4) is 0 Å². The Morgan fingerprint density at radius 2 is 2.00 bits per heavy atom. The fraction of sp³-hybridized carbons (Fsp3) is 0.417. The predicted octanol–water partition coefficient (Wildman–Crippen LogP) is 3.60. The number of halogens is 1. The molecule has 0 atom stereocenters. The van der Waals surface area contributed by atoms with Crippen LogP contribution in [0.25, 0.3) is 6.08 Å². The molecule has 0 radical (unpaired) electrons. The third-order valence-electron chi connectivity index (χ3n) is 5.78. The van der Waals surface area contributed by atoms with Crippen LogP contribution in [0.4, 0.5) is 4.39 Å². The Kier molecular flexibility index (Phi) is 7.27. The molecule has 164 valence electrons. The Bertz CT molecular complexity index is 892. The van der Waals surface area contributed by atoms with Gasteiger partial charge in [0.25, 0.3) is 0 Å². The highest BCUT2D eigenvalue weighted by Gasteiger charge is 2.24. The van der Waals surface area contributed by atoms with Crippen molar-refractivity contribution < 1.29 is 18.7 Å². The summed E-state index contributed by atoms with van der Waals surface area (Å²) in [5, 5.41) is 0. The van der Waals surface area contributed by atoms with E-state index in [9.17, 15) is 9.18 Å². The number of carbonyl (C=O) groups is 1. The van der Waals surface area contributed by atoms with E-state index in [0.29, 0.717) is 17.2 Å². The number of rotatable bonds is 6. The van der Waals surface area contributed by atoms with Crippen molar-refractivity contribution in [2.24, 2.45) is 5.92 Å². The van der Waals surface area contributed by atoms with E-state index in [0.717, 1.165) is 58.8 Å². The zero-order valence-corrected chi connectivity index (χ0v) is 17.6. The number of carbonyl (C=O) groups excluding carboxylic acids is 1. The van der Waals surface area contributed by atoms with Crippen LogP contribution in [0.5, 0.6) is 11.5 Å². The zero-order chi connectivity index (χ0) is 21.5. The third kappa shape index (κ3) is 6.12. The lowest BCUT2D eigenvalue weighted by Crippen LogP contribution is -2.43. The first-order valence-corrected chi connectivity index (χ1v) is 10.8. The molecule has 3 heterocycles. The molecule has 2 fully saturated rings. The maximum atomic E-state index is 14.4. The smallest absolute Gasteiger partial charge is 0.246 e. The topological polar surface area (TPSA) is 54.9 Å². The van der Waals surface area contributed by atoms with Crippen molar-refractivity contribution in [1.29, 1.82) is 0 Å². The lowest BCUT2D eigenvalue weighted by Gasteiger charge is -2.35. The first-order valence-electron chi connectivity index (χ1n) is 10.8. The minimum absolute atomic E-state index is 0.0269. The Balaban J connectivity index is 1.26. The molecular weight excluding hydrogens is 397 g/mol. The molecule has 6 nitrogen and oxygen atoms in total. The molecule has 0 aliphatic carbocycles. The summed E-state index contributed by atoms with van der Waals surface area (Å²) in [5.41, 5.74) is 0.617. The molecule has 2 saturated heterocycles. The van der Waals surface area contributed by atoms with Gasteiger partial charge in [-0.3, -0.25) is 14.7 Å². The van der Waals surface area contributed by atoms with Crippen LogP contribution in [0.1, 0.15) is 18.4 Å². The molecule has 1 aromatic heterocycles. The number of hydrogen-bond acceptors (Lipinski definition) is 5. The van der Waals surface area contributed by atoms with E-state index in [-0.39, 0.29) is 11.7 Å². The van der Waals surface area contributed by atoms with Crippen molar-refractivity contribution in [3.63, 3.8) is 0 Å². The van der Waals surface area contributed by atoms with Crippen molar-refractivity contribution in [3.05, 3.63) is 60.2 Å². The van der Waals surface area contributed by atoms with E-state index in [1.807, 2.05) is 4.90 Å². The average molecular weight is 426 g/mol. The zero-order valence-electron chi connectivity index (χ0n) is 17.6. The molecule has 2 aromatic rings. The second-order valence-electron chi connectivity index (χ2n) is 8.00. The number of nitrogens with zero attached hydrogens (tertiary/aromatic N) is 3. The SMILES string of the molecule is O=C(/C=C/c1ccc(Oc2cccnc2)c(F)c1)N1CCC(CN2CCOCC2)CC1. The van der Waals surface area contributed by atoms with Crippen LogP contribution in [0.2, 0.25) is 0 Å². The van der Waals surface area contributed by atoms with Crippen molar-refractivity contribution in [3.8, 4) is 11.5 Å². The first-order chi connectivity index (χ1) is 15.2. The summed E-state index contributed by atoms with van der Waals surface area (Å²) >= 11 is 0. The number of aromatic nitrogens is 1. The van der Waals surface area contributed by atoms with Gasteiger partial charge in [-0.1, -0.05) is 6.07 Å². The predicted molar refractivity (Wildman–Crippen MR) is 116 cm³/mol. The van der Waals surface area contributed by atoms with Gasteiger partial charge in [0, 0.05) is 45.0 Å². The summed E-state index contributed by atoms with van der Waals surface area (Å²) in [6.07, 6.45) is 8.37. The number of ether oxygens (including phenoxy) is 2. The van der Waals surface area contributed by atoms with E-state index in [4.69, 9.17) is 9.47 Å². The highest BCUT2D eigenvalue weighted by Crippen LogP contribution is 2.25. The summed E-state index contributed by atoms with van der Waals surface area (Å²) in [6, 6.07) is 8.09. The number of piperidine rings is 1. The largest absolute Gasteiger partial charge is 0.453 e. The lowest BCUT2D eigenvalue weighted by atomic mass is 9.96. The summed E-state index contributed by atoms with van der Waals surface area (Å²) in [4.78, 5) is 20.8. The fourth-order valence-electron chi connectivity index (χ4n) is 4.00. The monoisotopic (exact) mass is 425 g/mol. The molecule has 0 unspecified atom stereocenters. The summed E-state index contributed by atoms with van der Waals surface area (Å²) < 4.78 is 25.3. The van der Waals surface area contributed by atoms with E-state index in [2.05, 4.69) is 9.88 Å². The van der Waals surface area contributed by atoms with Gasteiger partial charge in [0.05, 0.1) is 19.4 Å². The molecule has 0 N–H and O–H groups in total. The lowest BCUT2D eigenvalue weighted by molar-refractivity contribution is -0.127. The summed E-state index contributed by atoms with van der Waals surface area (Å²) in [7, 11) is 0. The summed E-state index contributed by atoms with van der Waals surface area (Å²) in [5.74, 6) is 0.714. The van der Waals surface area contributed by atoms with Crippen LogP contribution in [-0.2, 0) is 9.53 Å². The molecule has 2 aliphatic rings. The van der Waals surface area contributed by atoms with E-state index >= 15 is 0 Å². The molecule has 0 spiro atoms. The fourth-order valence-corrected chi connectivity index (χ4v) is 4.00. The quantitative estimate of drug-likeness (QED) is 0.662. The number of morpholine rings is 1. The summed E-state index contributed by atoms with van der Waals surface area (Å²) in [6.45, 7) is 6.27. The Morgan fingerprint density at radius 1 is 1.19 bits per heavy atom. The van der Waals surface area contributed by atoms with E-state index in [1.54, 1.807) is 36.5 Å². The van der Waals surface area contributed by atoms with Gasteiger partial charge in [-0.2, -0.15) is 0 Å². The van der Waals surface area contributed by atoms with Crippen LogP contribution in [-0.4, -0.2) is 66.6 Å². The maximum Gasteiger partial charge on any atom is 0.246 e. The third-order valence-corrected chi connectivity index (χ3v) is 5.78. The van der Waals surface area contributed by atoms with Gasteiger partial charge in [0.1, 0.15) is 5.75 Å². The van der Waals surface area contributed by atoms with E-state index < -0.39 is 5.82 Å². The number of amides is 1. The molecule has 1 aromatic carbocycles. The van der Waals surface area contributed by atoms with Crippen molar-refractivity contribution >= 4 is 12.0 Å². The van der Waals surface area contributed by atoms with Gasteiger partial charge < -0.3 is 14.4 Å². The Morgan fingerprint density at radius 3 is 2.71 bits per heavy atom. The highest BCUT2D eigenvalue weighted by atomic mass is 19.1. The number of likely N-dealkylation sites (tertiary alicyclic amines) is 1. The van der Waals surface area contributed by atoms with Crippen LogP contribution >= 0.6 is 0 Å². The van der Waals surface area contributed by atoms with Crippen molar-refractivity contribution in [2.45, 2.75) is 12.8 Å². The molecule has 0 bridgehead atoms. The van der Waals surface area contributed by atoms with Gasteiger partial charge in [-0.25, -0.2) is 4.39 Å². The standard InChI is InChI=1S/C24H28FN3O3/c25-22-16-19(3-5-23(22)31-21-2-1-9-26-17-21)4-6-24(29)28-10-7-20(8-11-28)18-27-12-14-30-15-13-27/h1-6,9,16-17,20H,7-8,10-15,18H2/b6-4+. The van der Waals surface area contributed by atoms with Crippen molar-refractivity contribution in [1.82, 2.24) is 14.8 Å². The second-order valence-corrected chi connectivity index (χ2v) is 8.00. The van der Waals surface area contributed by atoms with E-state index in [1.165, 1.54) is 18.3 Å². The van der Waals surface area contributed by atoms with Crippen LogP contribution in [0, 0.1) is 11.7 Å². The molecule has 2 aliphatic heterocycles. The highest BCUT2D eigenvalue weighted by molar-refractivity contribution is 5.91. The minimum Gasteiger partial charge on any atom is -0.453 e. The molecule has 4 rings (SSSR count). The molecular formula is C24H28FN3O3. The van der Waals surface area contributed by atoms with Gasteiger partial charge >= 0.3 is 0 Å². The first kappa shape index (κ1) is 21.5. The number of pyridine rings is 1. The van der Waals surface area contributed by atoms with Crippen molar-refractivity contribution in [2.75, 3.05) is 45.9 Å². The molecule has 7 heteroatoms. The maximum absolute atomic E-state index is 14.4. The number of hydrogen-bond donors (Lipinski definition) is 0. The molecule has 0 saturated carbocycles. The van der Waals surface area contributed by atoms with Crippen LogP contribution in [0.15, 0.2) is 48.8 Å². The molecule has 31 heavy (non-hydrogen) atoms. The van der Waals surface area contributed by atoms with Crippen LogP contribution < -0.4 is 4.74 Å². The normalized spacial score (nSPS) is 18.4. The van der Waals surface area contributed by atoms with Gasteiger partial charge in [0.2, 0.25) is 5.91 Å². The Hall–Kier alpha value is -2.77. The Labute approximate surface area is 182 Å². The minimum atomic E-state index is -0.484. The average Bonchev–Trinajstić information content (AvgIpc) is 2.81. The van der Waals surface area contributed by atoms with Gasteiger partial charge in [0.15, 0.2) is 11.6 Å².